The van der Waals surface area contributed by atoms with Gasteiger partial charge in [-0.15, -0.1) is 0 Å². The predicted molar refractivity (Wildman–Crippen MR) is 96.4 cm³/mol. The van der Waals surface area contributed by atoms with Crippen molar-refractivity contribution in [3.8, 4) is 0 Å². The first-order chi connectivity index (χ1) is 11.6. The van der Waals surface area contributed by atoms with Crippen LogP contribution in [0, 0.1) is 28.6 Å². The molecule has 0 aromatic heterocycles. The molecule has 0 heterocycles. The SMILES string of the molecule is CC12CCC(=O)C=C1CCC1C2CCC2(C)C(OS(C)(=O)=O)CCC12. The fourth-order valence-corrected chi connectivity index (χ4v) is 7.62. The molecule has 0 bridgehead atoms. The first-order valence-corrected chi connectivity index (χ1v) is 11.6. The van der Waals surface area contributed by atoms with Crippen LogP contribution in [0.1, 0.15) is 65.2 Å². The Hall–Kier alpha value is -0.680. The summed E-state index contributed by atoms with van der Waals surface area (Å²) >= 11 is 0. The molecule has 4 aliphatic carbocycles. The third-order valence-electron chi connectivity index (χ3n) is 8.17. The summed E-state index contributed by atoms with van der Waals surface area (Å²) in [5.41, 5.74) is 1.54. The molecular formula is C20H30O4S. The largest absolute Gasteiger partial charge is 0.295 e. The normalized spacial score (nSPS) is 46.8. The van der Waals surface area contributed by atoms with Gasteiger partial charge in [-0.05, 0) is 79.6 Å². The fraction of sp³-hybridized carbons (Fsp3) is 0.850. The summed E-state index contributed by atoms with van der Waals surface area (Å²) in [7, 11) is -3.41. The van der Waals surface area contributed by atoms with Crippen LogP contribution in [0.5, 0.6) is 0 Å². The molecule has 0 radical (unpaired) electrons. The van der Waals surface area contributed by atoms with E-state index in [1.54, 1.807) is 0 Å². The number of ketones is 1. The Kier molecular flexibility index (Phi) is 4.01. The summed E-state index contributed by atoms with van der Waals surface area (Å²) < 4.78 is 28.9. The van der Waals surface area contributed by atoms with Crippen LogP contribution in [0.2, 0.25) is 0 Å². The van der Waals surface area contributed by atoms with Gasteiger partial charge < -0.3 is 0 Å². The summed E-state index contributed by atoms with van der Waals surface area (Å²) in [6, 6.07) is 0. The molecule has 140 valence electrons. The van der Waals surface area contributed by atoms with E-state index in [9.17, 15) is 13.2 Å². The third kappa shape index (κ3) is 2.73. The molecule has 6 unspecified atom stereocenters. The van der Waals surface area contributed by atoms with E-state index in [1.165, 1.54) is 11.8 Å². The average molecular weight is 367 g/mol. The molecule has 0 aromatic rings. The Morgan fingerprint density at radius 1 is 1.04 bits per heavy atom. The van der Waals surface area contributed by atoms with E-state index in [2.05, 4.69) is 13.8 Å². The Bertz CT molecular complexity index is 724. The van der Waals surface area contributed by atoms with Crippen molar-refractivity contribution in [1.82, 2.24) is 0 Å². The van der Waals surface area contributed by atoms with Crippen LogP contribution in [-0.2, 0) is 19.1 Å². The highest BCUT2D eigenvalue weighted by atomic mass is 32.2. The van der Waals surface area contributed by atoms with Crippen molar-refractivity contribution in [2.45, 2.75) is 71.3 Å². The highest BCUT2D eigenvalue weighted by Gasteiger charge is 2.59. The maximum Gasteiger partial charge on any atom is 0.264 e. The first kappa shape index (κ1) is 17.7. The van der Waals surface area contributed by atoms with Crippen molar-refractivity contribution >= 4 is 15.9 Å². The van der Waals surface area contributed by atoms with Gasteiger partial charge in [0.15, 0.2) is 5.78 Å². The minimum absolute atomic E-state index is 0.0215. The molecule has 0 spiro atoms. The highest BCUT2D eigenvalue weighted by molar-refractivity contribution is 7.86. The van der Waals surface area contributed by atoms with E-state index in [0.29, 0.717) is 30.0 Å². The van der Waals surface area contributed by atoms with Gasteiger partial charge in [-0.2, -0.15) is 8.42 Å². The van der Waals surface area contributed by atoms with Crippen molar-refractivity contribution < 1.29 is 17.4 Å². The van der Waals surface area contributed by atoms with Crippen LogP contribution in [0.3, 0.4) is 0 Å². The molecule has 3 saturated carbocycles. The number of fused-ring (bicyclic) bond motifs is 5. The number of hydrogen-bond donors (Lipinski definition) is 0. The average Bonchev–Trinajstić information content (AvgIpc) is 2.83. The first-order valence-electron chi connectivity index (χ1n) is 9.76. The van der Waals surface area contributed by atoms with Gasteiger partial charge in [-0.3, -0.25) is 8.98 Å². The minimum Gasteiger partial charge on any atom is -0.295 e. The van der Waals surface area contributed by atoms with E-state index in [0.717, 1.165) is 44.9 Å². The van der Waals surface area contributed by atoms with E-state index in [4.69, 9.17) is 4.18 Å². The van der Waals surface area contributed by atoms with E-state index in [-0.39, 0.29) is 16.9 Å². The van der Waals surface area contributed by atoms with E-state index >= 15 is 0 Å². The Morgan fingerprint density at radius 2 is 1.80 bits per heavy atom. The quantitative estimate of drug-likeness (QED) is 0.696. The van der Waals surface area contributed by atoms with Crippen molar-refractivity contribution in [1.29, 1.82) is 0 Å². The molecule has 4 rings (SSSR count). The van der Waals surface area contributed by atoms with Crippen LogP contribution in [0.4, 0.5) is 0 Å². The van der Waals surface area contributed by atoms with Crippen molar-refractivity contribution in [3.63, 3.8) is 0 Å². The number of carbonyl (C=O) groups is 1. The van der Waals surface area contributed by atoms with Crippen LogP contribution in [0.25, 0.3) is 0 Å². The molecule has 6 atom stereocenters. The summed E-state index contributed by atoms with van der Waals surface area (Å²) in [6.07, 6.45) is 10.9. The van der Waals surface area contributed by atoms with Gasteiger partial charge in [-0.1, -0.05) is 19.4 Å². The zero-order chi connectivity index (χ0) is 18.0. The summed E-state index contributed by atoms with van der Waals surface area (Å²) in [5.74, 6) is 2.13. The summed E-state index contributed by atoms with van der Waals surface area (Å²) in [6.45, 7) is 4.64. The summed E-state index contributed by atoms with van der Waals surface area (Å²) in [4.78, 5) is 11.9. The molecular weight excluding hydrogens is 336 g/mol. The van der Waals surface area contributed by atoms with Crippen LogP contribution in [-0.4, -0.2) is 26.6 Å². The monoisotopic (exact) mass is 366 g/mol. The van der Waals surface area contributed by atoms with Crippen LogP contribution < -0.4 is 0 Å². The molecule has 0 amide bonds. The lowest BCUT2D eigenvalue weighted by Crippen LogP contribution is -2.51. The van der Waals surface area contributed by atoms with Gasteiger partial charge in [0.2, 0.25) is 0 Å². The number of carbonyl (C=O) groups excluding carboxylic acids is 1. The standard InChI is InChI=1S/C20H30O4S/c1-19-10-8-14(21)12-13(19)4-5-15-16-6-7-18(24-25(3,22)23)20(16,2)11-9-17(15)19/h12,15-18H,4-11H2,1-3H3. The highest BCUT2D eigenvalue weighted by Crippen LogP contribution is 2.65. The predicted octanol–water partition coefficient (Wildman–Crippen LogP) is 3.86. The Balaban J connectivity index is 1.62. The fourth-order valence-electron chi connectivity index (χ4n) is 6.88. The molecule has 4 nitrogen and oxygen atoms in total. The van der Waals surface area contributed by atoms with Gasteiger partial charge in [0.25, 0.3) is 10.1 Å². The lowest BCUT2D eigenvalue weighted by atomic mass is 9.47. The number of rotatable bonds is 2. The topological polar surface area (TPSA) is 60.4 Å². The van der Waals surface area contributed by atoms with Gasteiger partial charge in [0.05, 0.1) is 12.4 Å². The lowest BCUT2D eigenvalue weighted by molar-refractivity contribution is -0.117. The van der Waals surface area contributed by atoms with Gasteiger partial charge >= 0.3 is 0 Å². The molecule has 0 aliphatic heterocycles. The molecule has 25 heavy (non-hydrogen) atoms. The molecule has 3 fully saturated rings. The smallest absolute Gasteiger partial charge is 0.264 e. The zero-order valence-electron chi connectivity index (χ0n) is 15.6. The molecule has 4 aliphatic rings. The van der Waals surface area contributed by atoms with Crippen molar-refractivity contribution in [2.24, 2.45) is 28.6 Å². The van der Waals surface area contributed by atoms with Crippen LogP contribution in [0.15, 0.2) is 11.6 Å². The Labute approximate surface area is 151 Å². The molecule has 5 heteroatoms. The molecule has 0 saturated heterocycles. The third-order valence-corrected chi connectivity index (χ3v) is 8.75. The van der Waals surface area contributed by atoms with Crippen molar-refractivity contribution in [3.05, 3.63) is 11.6 Å². The minimum atomic E-state index is -3.41. The summed E-state index contributed by atoms with van der Waals surface area (Å²) in [5, 5.41) is 0. The zero-order valence-corrected chi connectivity index (χ0v) is 16.4. The van der Waals surface area contributed by atoms with E-state index in [1.807, 2.05) is 6.08 Å². The van der Waals surface area contributed by atoms with Gasteiger partial charge in [0.1, 0.15) is 0 Å². The lowest BCUT2D eigenvalue weighted by Gasteiger charge is -2.57. The Morgan fingerprint density at radius 3 is 2.52 bits per heavy atom. The second-order valence-corrected chi connectivity index (χ2v) is 11.0. The van der Waals surface area contributed by atoms with Crippen LogP contribution >= 0.6 is 0 Å². The van der Waals surface area contributed by atoms with Crippen molar-refractivity contribution in [2.75, 3.05) is 6.26 Å². The maximum atomic E-state index is 11.9. The van der Waals surface area contributed by atoms with Gasteiger partial charge in [-0.25, -0.2) is 0 Å². The number of hydrogen-bond acceptors (Lipinski definition) is 4. The maximum absolute atomic E-state index is 11.9. The second-order valence-electron chi connectivity index (χ2n) is 9.38. The van der Waals surface area contributed by atoms with E-state index < -0.39 is 10.1 Å². The van der Waals surface area contributed by atoms with Gasteiger partial charge in [0, 0.05) is 6.42 Å². The second kappa shape index (κ2) is 5.66. The molecule has 0 aromatic carbocycles. The number of allylic oxidation sites excluding steroid dienone is 1. The molecule has 0 N–H and O–H groups in total.